The lowest BCUT2D eigenvalue weighted by Gasteiger charge is -2.32. The molecule has 114 valence electrons. The van der Waals surface area contributed by atoms with Gasteiger partial charge in [0, 0.05) is 25.4 Å². The number of ether oxygens (including phenoxy) is 1. The summed E-state index contributed by atoms with van der Waals surface area (Å²) in [6.45, 7) is 0.560. The fraction of sp³-hybridized carbons (Fsp3) is 0.846. The van der Waals surface area contributed by atoms with Gasteiger partial charge in [0.25, 0.3) is 0 Å². The quantitative estimate of drug-likeness (QED) is 0.824. The molecule has 1 saturated heterocycles. The van der Waals surface area contributed by atoms with E-state index in [0.717, 1.165) is 0 Å². The molecule has 2 fully saturated rings. The van der Waals surface area contributed by atoms with Crippen LogP contribution in [0.4, 0.5) is 8.78 Å². The van der Waals surface area contributed by atoms with Crippen molar-refractivity contribution in [2.24, 2.45) is 5.92 Å². The van der Waals surface area contributed by atoms with Crippen LogP contribution in [0.2, 0.25) is 0 Å². The van der Waals surface area contributed by atoms with Crippen LogP contribution >= 0.6 is 0 Å². The number of carbonyl (C=O) groups is 2. The van der Waals surface area contributed by atoms with Gasteiger partial charge in [-0.15, -0.1) is 0 Å². The second-order valence-electron chi connectivity index (χ2n) is 5.77. The maximum Gasteiger partial charge on any atom is 0.305 e. The highest BCUT2D eigenvalue weighted by atomic mass is 19.3. The summed E-state index contributed by atoms with van der Waals surface area (Å²) in [5.41, 5.74) is -0.886. The molecule has 0 spiro atoms. The molecule has 2 rings (SSSR count). The molecule has 0 aromatic rings. The molecule has 2 N–H and O–H groups in total. The van der Waals surface area contributed by atoms with Crippen LogP contribution in [0.5, 0.6) is 0 Å². The normalized spacial score (nSPS) is 30.1. The van der Waals surface area contributed by atoms with Gasteiger partial charge in [0.1, 0.15) is 0 Å². The zero-order valence-corrected chi connectivity index (χ0v) is 11.2. The van der Waals surface area contributed by atoms with Gasteiger partial charge in [-0.1, -0.05) is 0 Å². The van der Waals surface area contributed by atoms with E-state index >= 15 is 0 Å². The largest absolute Gasteiger partial charge is 0.481 e. The summed E-state index contributed by atoms with van der Waals surface area (Å²) in [7, 11) is 0. The second-order valence-corrected chi connectivity index (χ2v) is 5.77. The Bertz CT molecular complexity index is 384. The number of hydrogen-bond acceptors (Lipinski definition) is 3. The number of carbonyl (C=O) groups excluding carboxylic acids is 1. The summed E-state index contributed by atoms with van der Waals surface area (Å²) in [6, 6.07) is 0. The number of aliphatic carboxylic acids is 1. The lowest BCUT2D eigenvalue weighted by atomic mass is 9.85. The van der Waals surface area contributed by atoms with Crippen LogP contribution in [-0.4, -0.2) is 41.7 Å². The minimum atomic E-state index is -2.67. The maximum absolute atomic E-state index is 13.1. The molecule has 2 aliphatic rings. The van der Waals surface area contributed by atoms with Crippen molar-refractivity contribution < 1.29 is 28.2 Å². The third-order valence-corrected chi connectivity index (χ3v) is 4.07. The van der Waals surface area contributed by atoms with Crippen molar-refractivity contribution in [1.29, 1.82) is 0 Å². The van der Waals surface area contributed by atoms with E-state index in [4.69, 9.17) is 9.84 Å². The van der Waals surface area contributed by atoms with E-state index in [1.54, 1.807) is 0 Å². The van der Waals surface area contributed by atoms with Crippen LogP contribution in [0.1, 0.15) is 38.5 Å². The molecule has 0 aromatic carbocycles. The SMILES string of the molecule is O=C(O)CC1(NC(=O)C2CCC(F)(F)CC2)CCOC1. The third-order valence-electron chi connectivity index (χ3n) is 4.07. The number of halogens is 2. The van der Waals surface area contributed by atoms with Crippen LogP contribution in [0.3, 0.4) is 0 Å². The van der Waals surface area contributed by atoms with Gasteiger partial charge in [-0.05, 0) is 19.3 Å². The van der Waals surface area contributed by atoms with Gasteiger partial charge in [0.15, 0.2) is 0 Å². The molecule has 1 amide bonds. The van der Waals surface area contributed by atoms with Crippen LogP contribution in [0.15, 0.2) is 0 Å². The number of carboxylic acids is 1. The zero-order valence-electron chi connectivity index (χ0n) is 11.2. The molecular weight excluding hydrogens is 272 g/mol. The molecule has 0 bridgehead atoms. The van der Waals surface area contributed by atoms with Crippen LogP contribution in [0.25, 0.3) is 0 Å². The van der Waals surface area contributed by atoms with Gasteiger partial charge in [-0.25, -0.2) is 8.78 Å². The number of rotatable bonds is 4. The first kappa shape index (κ1) is 15.2. The highest BCUT2D eigenvalue weighted by Gasteiger charge is 2.42. The van der Waals surface area contributed by atoms with Crippen LogP contribution in [0, 0.1) is 5.92 Å². The van der Waals surface area contributed by atoms with Crippen molar-refractivity contribution in [2.45, 2.75) is 50.0 Å². The Morgan fingerprint density at radius 2 is 1.90 bits per heavy atom. The molecular formula is C13H19F2NO4. The first-order valence-electron chi connectivity index (χ1n) is 6.81. The Morgan fingerprint density at radius 3 is 2.40 bits per heavy atom. The number of alkyl halides is 2. The Morgan fingerprint density at radius 1 is 1.25 bits per heavy atom. The molecule has 1 aliphatic carbocycles. The monoisotopic (exact) mass is 291 g/mol. The highest BCUT2D eigenvalue weighted by Crippen LogP contribution is 2.36. The van der Waals surface area contributed by atoms with Gasteiger partial charge < -0.3 is 15.2 Å². The molecule has 0 radical (unpaired) electrons. The molecule has 1 saturated carbocycles. The summed E-state index contributed by atoms with van der Waals surface area (Å²) < 4.78 is 31.3. The molecule has 5 nitrogen and oxygen atoms in total. The van der Waals surface area contributed by atoms with E-state index in [1.807, 2.05) is 0 Å². The standard InChI is InChI=1S/C13H19F2NO4/c14-13(15)3-1-9(2-4-13)11(19)16-12(7-10(17)18)5-6-20-8-12/h9H,1-8H2,(H,16,19)(H,17,18). The van der Waals surface area contributed by atoms with E-state index in [-0.39, 0.29) is 44.6 Å². The maximum atomic E-state index is 13.1. The van der Waals surface area contributed by atoms with E-state index in [9.17, 15) is 18.4 Å². The van der Waals surface area contributed by atoms with Crippen molar-refractivity contribution >= 4 is 11.9 Å². The van der Waals surface area contributed by atoms with Gasteiger partial charge in [0.2, 0.25) is 11.8 Å². The Kier molecular flexibility index (Phi) is 4.27. The second kappa shape index (κ2) is 5.63. The average molecular weight is 291 g/mol. The molecule has 1 heterocycles. The Balaban J connectivity index is 1.94. The molecule has 20 heavy (non-hydrogen) atoms. The van der Waals surface area contributed by atoms with Gasteiger partial charge in [-0.2, -0.15) is 0 Å². The minimum absolute atomic E-state index is 0.142. The van der Waals surface area contributed by atoms with Crippen molar-refractivity contribution in [3.8, 4) is 0 Å². The van der Waals surface area contributed by atoms with E-state index < -0.39 is 23.3 Å². The average Bonchev–Trinajstić information content (AvgIpc) is 2.76. The van der Waals surface area contributed by atoms with Crippen LogP contribution in [-0.2, 0) is 14.3 Å². The van der Waals surface area contributed by atoms with Crippen molar-refractivity contribution in [1.82, 2.24) is 5.32 Å². The number of amides is 1. The predicted molar refractivity (Wildman–Crippen MR) is 65.5 cm³/mol. The summed E-state index contributed by atoms with van der Waals surface area (Å²) in [4.78, 5) is 23.0. The molecule has 7 heteroatoms. The first-order valence-corrected chi connectivity index (χ1v) is 6.81. The summed E-state index contributed by atoms with van der Waals surface area (Å²) in [5.74, 6) is -4.47. The predicted octanol–water partition coefficient (Wildman–Crippen LogP) is 1.56. The lowest BCUT2D eigenvalue weighted by molar-refractivity contribution is -0.139. The van der Waals surface area contributed by atoms with E-state index in [0.29, 0.717) is 13.0 Å². The van der Waals surface area contributed by atoms with E-state index in [2.05, 4.69) is 5.32 Å². The summed E-state index contributed by atoms with van der Waals surface area (Å²) >= 11 is 0. The lowest BCUT2D eigenvalue weighted by Crippen LogP contribution is -2.52. The van der Waals surface area contributed by atoms with Crippen molar-refractivity contribution in [2.75, 3.05) is 13.2 Å². The van der Waals surface area contributed by atoms with Gasteiger partial charge >= 0.3 is 5.97 Å². The number of hydrogen-bond donors (Lipinski definition) is 2. The smallest absolute Gasteiger partial charge is 0.305 e. The topological polar surface area (TPSA) is 75.6 Å². The molecule has 1 unspecified atom stereocenters. The van der Waals surface area contributed by atoms with E-state index in [1.165, 1.54) is 0 Å². The minimum Gasteiger partial charge on any atom is -0.481 e. The summed E-state index contributed by atoms with van der Waals surface area (Å²) in [5, 5.41) is 11.7. The number of nitrogens with one attached hydrogen (secondary N) is 1. The van der Waals surface area contributed by atoms with Crippen molar-refractivity contribution in [3.63, 3.8) is 0 Å². The fourth-order valence-corrected chi connectivity index (χ4v) is 2.84. The molecule has 1 atom stereocenters. The third kappa shape index (κ3) is 3.65. The zero-order chi connectivity index (χ0) is 14.8. The fourth-order valence-electron chi connectivity index (χ4n) is 2.84. The molecule has 0 aromatic heterocycles. The van der Waals surface area contributed by atoms with Gasteiger partial charge in [-0.3, -0.25) is 9.59 Å². The Hall–Kier alpha value is -1.24. The highest BCUT2D eigenvalue weighted by molar-refractivity contribution is 5.80. The van der Waals surface area contributed by atoms with Crippen LogP contribution < -0.4 is 5.32 Å². The summed E-state index contributed by atoms with van der Waals surface area (Å²) in [6.07, 6.45) is -0.0533. The Labute approximate surface area is 115 Å². The first-order chi connectivity index (χ1) is 9.32. The number of carboxylic acid groups (broad SMARTS) is 1. The van der Waals surface area contributed by atoms with Gasteiger partial charge in [0.05, 0.1) is 18.6 Å². The van der Waals surface area contributed by atoms with Crippen molar-refractivity contribution in [3.05, 3.63) is 0 Å². The molecule has 1 aliphatic heterocycles.